The van der Waals surface area contributed by atoms with Crippen LogP contribution in [-0.2, 0) is 11.2 Å². The van der Waals surface area contributed by atoms with E-state index in [4.69, 9.17) is 5.73 Å². The number of hydrogen-bond donors (Lipinski definition) is 1. The Morgan fingerprint density at radius 3 is 2.05 bits per heavy atom. The first-order valence-corrected chi connectivity index (χ1v) is 7.50. The molecule has 0 fully saturated rings. The van der Waals surface area contributed by atoms with E-state index in [9.17, 15) is 4.79 Å². The van der Waals surface area contributed by atoms with Crippen molar-refractivity contribution in [1.29, 1.82) is 0 Å². The maximum Gasteiger partial charge on any atom is 0.227 e. The van der Waals surface area contributed by atoms with E-state index in [0.29, 0.717) is 6.54 Å². The summed E-state index contributed by atoms with van der Waals surface area (Å²) in [4.78, 5) is 14.3. The second kappa shape index (κ2) is 7.44. The molecule has 0 aromatic heterocycles. The summed E-state index contributed by atoms with van der Waals surface area (Å²) in [5.41, 5.74) is 10.9. The predicted molar refractivity (Wildman–Crippen MR) is 84.8 cm³/mol. The van der Waals surface area contributed by atoms with Gasteiger partial charge in [0.15, 0.2) is 0 Å². The summed E-state index contributed by atoms with van der Waals surface area (Å²) in [6.07, 6.45) is 0.740. The zero-order valence-electron chi connectivity index (χ0n) is 13.5. The summed E-state index contributed by atoms with van der Waals surface area (Å²) < 4.78 is 0. The van der Waals surface area contributed by atoms with Gasteiger partial charge in [-0.25, -0.2) is 0 Å². The quantitative estimate of drug-likeness (QED) is 0.868. The standard InChI is InChI=1S/C17H28N2O/c1-6-19(7-2)17(20)15(11-18)10-16-13(4)8-12(3)9-14(16)5/h8-9,15H,6-7,10-11,18H2,1-5H3. The van der Waals surface area contributed by atoms with Gasteiger partial charge >= 0.3 is 0 Å². The number of aryl methyl sites for hydroxylation is 3. The number of carbonyl (C=O) groups is 1. The van der Waals surface area contributed by atoms with Crippen LogP contribution in [0.15, 0.2) is 12.1 Å². The minimum Gasteiger partial charge on any atom is -0.343 e. The molecule has 3 nitrogen and oxygen atoms in total. The number of benzene rings is 1. The van der Waals surface area contributed by atoms with E-state index >= 15 is 0 Å². The zero-order valence-corrected chi connectivity index (χ0v) is 13.5. The topological polar surface area (TPSA) is 46.3 Å². The van der Waals surface area contributed by atoms with Crippen molar-refractivity contribution in [3.05, 3.63) is 34.4 Å². The summed E-state index contributed by atoms with van der Waals surface area (Å²) in [5.74, 6) is 0.0619. The van der Waals surface area contributed by atoms with Crippen molar-refractivity contribution in [2.24, 2.45) is 11.7 Å². The third kappa shape index (κ3) is 3.83. The highest BCUT2D eigenvalue weighted by Crippen LogP contribution is 2.20. The van der Waals surface area contributed by atoms with E-state index in [1.54, 1.807) is 0 Å². The van der Waals surface area contributed by atoms with Crippen LogP contribution in [0.5, 0.6) is 0 Å². The third-order valence-electron chi connectivity index (χ3n) is 4.00. The Labute approximate surface area is 123 Å². The fraction of sp³-hybridized carbons (Fsp3) is 0.588. The lowest BCUT2D eigenvalue weighted by Crippen LogP contribution is -2.40. The van der Waals surface area contributed by atoms with Crippen LogP contribution in [0.1, 0.15) is 36.1 Å². The van der Waals surface area contributed by atoms with Gasteiger partial charge in [-0.3, -0.25) is 4.79 Å². The van der Waals surface area contributed by atoms with Crippen LogP contribution >= 0.6 is 0 Å². The van der Waals surface area contributed by atoms with Gasteiger partial charge in [0.1, 0.15) is 0 Å². The van der Waals surface area contributed by atoms with Crippen LogP contribution < -0.4 is 5.73 Å². The molecular weight excluding hydrogens is 248 g/mol. The first kappa shape index (κ1) is 16.7. The van der Waals surface area contributed by atoms with Gasteiger partial charge in [-0.05, 0) is 57.7 Å². The molecule has 112 valence electrons. The lowest BCUT2D eigenvalue weighted by atomic mass is 9.90. The van der Waals surface area contributed by atoms with Crippen molar-refractivity contribution < 1.29 is 4.79 Å². The molecule has 0 aliphatic carbocycles. The first-order valence-electron chi connectivity index (χ1n) is 7.50. The molecule has 1 amide bonds. The Balaban J connectivity index is 2.97. The fourth-order valence-electron chi connectivity index (χ4n) is 2.84. The number of nitrogens with zero attached hydrogens (tertiary/aromatic N) is 1. The van der Waals surface area contributed by atoms with Crippen LogP contribution in [0.3, 0.4) is 0 Å². The Hall–Kier alpha value is -1.35. The Kier molecular flexibility index (Phi) is 6.21. The summed E-state index contributed by atoms with van der Waals surface area (Å²) in [5, 5.41) is 0. The molecule has 0 spiro atoms. The molecule has 1 atom stereocenters. The molecule has 0 aliphatic heterocycles. The monoisotopic (exact) mass is 276 g/mol. The minimum absolute atomic E-state index is 0.116. The lowest BCUT2D eigenvalue weighted by molar-refractivity contribution is -0.134. The fourth-order valence-corrected chi connectivity index (χ4v) is 2.84. The first-order chi connectivity index (χ1) is 9.44. The van der Waals surface area contributed by atoms with Gasteiger partial charge in [0.25, 0.3) is 0 Å². The van der Waals surface area contributed by atoms with Gasteiger partial charge in [0, 0.05) is 19.6 Å². The Morgan fingerprint density at radius 2 is 1.65 bits per heavy atom. The van der Waals surface area contributed by atoms with Crippen molar-refractivity contribution in [3.8, 4) is 0 Å². The number of rotatable bonds is 6. The molecule has 1 unspecified atom stereocenters. The van der Waals surface area contributed by atoms with Gasteiger partial charge in [-0.15, -0.1) is 0 Å². The molecule has 2 N–H and O–H groups in total. The average Bonchev–Trinajstić information content (AvgIpc) is 2.39. The van der Waals surface area contributed by atoms with Crippen LogP contribution in [0.4, 0.5) is 0 Å². The summed E-state index contributed by atoms with van der Waals surface area (Å²) in [6, 6.07) is 4.36. The highest BCUT2D eigenvalue weighted by molar-refractivity contribution is 5.79. The maximum atomic E-state index is 12.5. The molecule has 3 heteroatoms. The van der Waals surface area contributed by atoms with E-state index in [0.717, 1.165) is 19.5 Å². The van der Waals surface area contributed by atoms with Gasteiger partial charge in [0.2, 0.25) is 5.91 Å². The van der Waals surface area contributed by atoms with Crippen LogP contribution in [-0.4, -0.2) is 30.4 Å². The molecule has 1 rings (SSSR count). The third-order valence-corrected chi connectivity index (χ3v) is 4.00. The average molecular weight is 276 g/mol. The molecule has 0 saturated heterocycles. The molecule has 1 aromatic carbocycles. The van der Waals surface area contributed by atoms with Crippen LogP contribution in [0.25, 0.3) is 0 Å². The predicted octanol–water partition coefficient (Wildman–Crippen LogP) is 2.60. The van der Waals surface area contributed by atoms with E-state index in [2.05, 4.69) is 32.9 Å². The Morgan fingerprint density at radius 1 is 1.15 bits per heavy atom. The smallest absolute Gasteiger partial charge is 0.227 e. The molecule has 0 heterocycles. The van der Waals surface area contributed by atoms with Gasteiger partial charge in [-0.2, -0.15) is 0 Å². The molecule has 0 aliphatic rings. The Bertz CT molecular complexity index is 441. The van der Waals surface area contributed by atoms with E-state index in [1.807, 2.05) is 18.7 Å². The van der Waals surface area contributed by atoms with Crippen molar-refractivity contribution in [2.75, 3.05) is 19.6 Å². The van der Waals surface area contributed by atoms with Gasteiger partial charge in [0.05, 0.1) is 5.92 Å². The highest BCUT2D eigenvalue weighted by atomic mass is 16.2. The maximum absolute atomic E-state index is 12.5. The molecule has 20 heavy (non-hydrogen) atoms. The number of nitrogens with two attached hydrogens (primary N) is 1. The van der Waals surface area contributed by atoms with E-state index < -0.39 is 0 Å². The van der Waals surface area contributed by atoms with Crippen LogP contribution in [0, 0.1) is 26.7 Å². The normalized spacial score (nSPS) is 12.3. The summed E-state index contributed by atoms with van der Waals surface area (Å²) in [6.45, 7) is 12.3. The number of amides is 1. The van der Waals surface area contributed by atoms with E-state index in [-0.39, 0.29) is 11.8 Å². The minimum atomic E-state index is -0.116. The SMILES string of the molecule is CCN(CC)C(=O)C(CN)Cc1c(C)cc(C)cc1C. The van der Waals surface area contributed by atoms with Crippen molar-refractivity contribution >= 4 is 5.91 Å². The zero-order chi connectivity index (χ0) is 15.3. The molecule has 0 saturated carbocycles. The highest BCUT2D eigenvalue weighted by Gasteiger charge is 2.22. The summed E-state index contributed by atoms with van der Waals surface area (Å²) >= 11 is 0. The number of hydrogen-bond acceptors (Lipinski definition) is 2. The molecule has 1 aromatic rings. The van der Waals surface area contributed by atoms with Crippen molar-refractivity contribution in [3.63, 3.8) is 0 Å². The van der Waals surface area contributed by atoms with Crippen molar-refractivity contribution in [1.82, 2.24) is 4.90 Å². The second-order valence-electron chi connectivity index (χ2n) is 5.52. The van der Waals surface area contributed by atoms with Gasteiger partial charge < -0.3 is 10.6 Å². The molecule has 0 radical (unpaired) electrons. The molecular formula is C17H28N2O. The largest absolute Gasteiger partial charge is 0.343 e. The lowest BCUT2D eigenvalue weighted by Gasteiger charge is -2.25. The van der Waals surface area contributed by atoms with E-state index in [1.165, 1.54) is 22.3 Å². The van der Waals surface area contributed by atoms with Crippen molar-refractivity contribution in [2.45, 2.75) is 41.0 Å². The van der Waals surface area contributed by atoms with Gasteiger partial charge in [-0.1, -0.05) is 17.7 Å². The number of carbonyl (C=O) groups excluding carboxylic acids is 1. The second-order valence-corrected chi connectivity index (χ2v) is 5.52. The molecule has 0 bridgehead atoms. The van der Waals surface area contributed by atoms with Crippen LogP contribution in [0.2, 0.25) is 0 Å². The summed E-state index contributed by atoms with van der Waals surface area (Å²) in [7, 11) is 0.